The Bertz CT molecular complexity index is 871. The average molecular weight is 408 g/mol. The SMILES string of the molecule is OC1(c2ccc(Cl)cc2)CN(c2ccc(OC(F)F)cc2)C2=[N+]1CCCCC2. The molecular formula is C21H22ClF2N2O2+. The number of hydrogen-bond donors (Lipinski definition) is 1. The van der Waals surface area contributed by atoms with Gasteiger partial charge in [0, 0.05) is 17.0 Å². The van der Waals surface area contributed by atoms with Crippen molar-refractivity contribution in [1.82, 2.24) is 0 Å². The lowest BCUT2D eigenvalue weighted by Crippen LogP contribution is -2.41. The minimum absolute atomic E-state index is 0.119. The van der Waals surface area contributed by atoms with E-state index in [0.29, 0.717) is 11.6 Å². The van der Waals surface area contributed by atoms with Gasteiger partial charge in [-0.1, -0.05) is 23.7 Å². The number of aliphatic hydroxyl groups is 1. The van der Waals surface area contributed by atoms with Gasteiger partial charge in [-0.3, -0.25) is 0 Å². The summed E-state index contributed by atoms with van der Waals surface area (Å²) >= 11 is 6.03. The summed E-state index contributed by atoms with van der Waals surface area (Å²) in [6.45, 7) is -1.73. The number of hydrogen-bond acceptors (Lipinski definition) is 3. The highest BCUT2D eigenvalue weighted by molar-refractivity contribution is 6.30. The molecule has 0 amide bonds. The average Bonchev–Trinajstić information content (AvgIpc) is 2.83. The second-order valence-corrected chi connectivity index (χ2v) is 7.60. The van der Waals surface area contributed by atoms with E-state index < -0.39 is 12.3 Å². The Labute approximate surface area is 167 Å². The van der Waals surface area contributed by atoms with Crippen LogP contribution in [0.15, 0.2) is 48.5 Å². The first-order chi connectivity index (χ1) is 13.5. The Kier molecular flexibility index (Phi) is 5.25. The van der Waals surface area contributed by atoms with E-state index >= 15 is 0 Å². The van der Waals surface area contributed by atoms with Crippen molar-refractivity contribution in [3.8, 4) is 5.75 Å². The molecule has 0 bridgehead atoms. The third-order valence-electron chi connectivity index (χ3n) is 5.41. The quantitative estimate of drug-likeness (QED) is 0.753. The van der Waals surface area contributed by atoms with Gasteiger partial charge in [0.1, 0.15) is 11.4 Å². The number of anilines is 1. The number of halogens is 3. The van der Waals surface area contributed by atoms with Crippen molar-refractivity contribution in [2.45, 2.75) is 38.0 Å². The molecule has 4 nitrogen and oxygen atoms in total. The highest BCUT2D eigenvalue weighted by Crippen LogP contribution is 2.36. The van der Waals surface area contributed by atoms with Crippen LogP contribution in [-0.2, 0) is 5.72 Å². The van der Waals surface area contributed by atoms with Crippen molar-refractivity contribution in [2.24, 2.45) is 0 Å². The first kappa shape index (κ1) is 19.2. The maximum absolute atomic E-state index is 12.4. The van der Waals surface area contributed by atoms with Crippen LogP contribution in [0.5, 0.6) is 5.75 Å². The van der Waals surface area contributed by atoms with Crippen LogP contribution in [0.25, 0.3) is 0 Å². The van der Waals surface area contributed by atoms with Gasteiger partial charge in [0.2, 0.25) is 0 Å². The van der Waals surface area contributed by atoms with E-state index in [1.165, 1.54) is 12.1 Å². The lowest BCUT2D eigenvalue weighted by molar-refractivity contribution is -0.658. The molecule has 0 aromatic heterocycles. The maximum atomic E-state index is 12.4. The van der Waals surface area contributed by atoms with Crippen molar-refractivity contribution in [1.29, 1.82) is 0 Å². The van der Waals surface area contributed by atoms with Gasteiger partial charge in [-0.15, -0.1) is 0 Å². The van der Waals surface area contributed by atoms with Crippen LogP contribution in [0, 0.1) is 0 Å². The second kappa shape index (κ2) is 7.68. The Balaban J connectivity index is 1.71. The third kappa shape index (κ3) is 3.59. The number of rotatable bonds is 4. The van der Waals surface area contributed by atoms with E-state index in [4.69, 9.17) is 11.6 Å². The molecule has 0 saturated carbocycles. The molecule has 2 aromatic carbocycles. The fourth-order valence-corrected chi connectivity index (χ4v) is 4.21. The summed E-state index contributed by atoms with van der Waals surface area (Å²) in [7, 11) is 0. The van der Waals surface area contributed by atoms with Gasteiger partial charge in [0.25, 0.3) is 11.6 Å². The number of ether oxygens (including phenoxy) is 1. The van der Waals surface area contributed by atoms with Gasteiger partial charge >= 0.3 is 6.61 Å². The molecule has 0 radical (unpaired) electrons. The van der Waals surface area contributed by atoms with Crippen molar-refractivity contribution < 1.29 is 23.2 Å². The molecule has 1 atom stereocenters. The molecule has 0 aliphatic carbocycles. The normalized spacial score (nSPS) is 22.4. The number of nitrogens with zero attached hydrogens (tertiary/aromatic N) is 2. The summed E-state index contributed by atoms with van der Waals surface area (Å²) in [5.74, 6) is 1.17. The number of benzene rings is 2. The smallest absolute Gasteiger partial charge is 0.387 e. The molecule has 1 N–H and O–H groups in total. The molecule has 2 aliphatic rings. The minimum Gasteiger partial charge on any atom is -0.435 e. The van der Waals surface area contributed by atoms with Crippen LogP contribution < -0.4 is 9.64 Å². The predicted octanol–water partition coefficient (Wildman–Crippen LogP) is 4.59. The minimum atomic E-state index is -2.85. The van der Waals surface area contributed by atoms with Crippen molar-refractivity contribution in [3.05, 3.63) is 59.1 Å². The monoisotopic (exact) mass is 407 g/mol. The van der Waals surface area contributed by atoms with Crippen LogP contribution in [0.1, 0.15) is 31.2 Å². The van der Waals surface area contributed by atoms with E-state index in [2.05, 4.69) is 14.2 Å². The zero-order valence-corrected chi connectivity index (χ0v) is 16.1. The summed E-state index contributed by atoms with van der Waals surface area (Å²) < 4.78 is 31.4. The van der Waals surface area contributed by atoms with Crippen molar-refractivity contribution in [2.75, 3.05) is 18.0 Å². The fourth-order valence-electron chi connectivity index (χ4n) is 4.08. The summed E-state index contributed by atoms with van der Waals surface area (Å²) in [5.41, 5.74) is 0.465. The van der Waals surface area contributed by atoms with E-state index in [-0.39, 0.29) is 5.75 Å². The lowest BCUT2D eigenvalue weighted by atomic mass is 10.0. The molecule has 2 aliphatic heterocycles. The molecular weight excluding hydrogens is 386 g/mol. The van der Waals surface area contributed by atoms with Gasteiger partial charge in [0.15, 0.2) is 6.54 Å². The Morgan fingerprint density at radius 3 is 2.43 bits per heavy atom. The molecule has 0 spiro atoms. The third-order valence-corrected chi connectivity index (χ3v) is 5.66. The van der Waals surface area contributed by atoms with Gasteiger partial charge in [-0.2, -0.15) is 8.78 Å². The van der Waals surface area contributed by atoms with Crippen LogP contribution >= 0.6 is 11.6 Å². The Morgan fingerprint density at radius 1 is 1.04 bits per heavy atom. The first-order valence-corrected chi connectivity index (χ1v) is 9.79. The molecule has 2 aromatic rings. The molecule has 7 heteroatoms. The largest absolute Gasteiger partial charge is 0.435 e. The summed E-state index contributed by atoms with van der Waals surface area (Å²) in [6.07, 6.45) is 4.01. The van der Waals surface area contributed by atoms with E-state index in [1.807, 2.05) is 12.1 Å². The number of alkyl halides is 2. The zero-order valence-electron chi connectivity index (χ0n) is 15.3. The fraction of sp³-hybridized carbons (Fsp3) is 0.381. The van der Waals surface area contributed by atoms with Crippen LogP contribution in [-0.4, -0.2) is 35.2 Å². The molecule has 2 heterocycles. The van der Waals surface area contributed by atoms with Crippen LogP contribution in [0.2, 0.25) is 5.02 Å². The number of amidine groups is 1. The lowest BCUT2D eigenvalue weighted by Gasteiger charge is -2.23. The Morgan fingerprint density at radius 2 is 1.75 bits per heavy atom. The van der Waals surface area contributed by atoms with Crippen molar-refractivity contribution in [3.63, 3.8) is 0 Å². The standard InChI is InChI=1S/C21H22ClF2N2O2/c22-16-7-5-15(6-8-16)21(27)14-25(19-4-2-1-3-13-26(19)21)17-9-11-18(12-10-17)28-20(23)24/h5-12,20,27H,1-4,13-14H2/q+1. The molecule has 0 fully saturated rings. The second-order valence-electron chi connectivity index (χ2n) is 7.16. The van der Waals surface area contributed by atoms with Gasteiger partial charge < -0.3 is 9.84 Å². The predicted molar refractivity (Wildman–Crippen MR) is 104 cm³/mol. The van der Waals surface area contributed by atoms with E-state index in [0.717, 1.165) is 49.3 Å². The van der Waals surface area contributed by atoms with Crippen molar-refractivity contribution >= 4 is 23.1 Å². The highest BCUT2D eigenvalue weighted by atomic mass is 35.5. The van der Waals surface area contributed by atoms with Crippen LogP contribution in [0.4, 0.5) is 14.5 Å². The summed E-state index contributed by atoms with van der Waals surface area (Å²) in [5, 5.41) is 12.3. The van der Waals surface area contributed by atoms with Crippen LogP contribution in [0.3, 0.4) is 0 Å². The summed E-state index contributed by atoms with van der Waals surface area (Å²) in [4.78, 5) is 2.08. The molecule has 28 heavy (non-hydrogen) atoms. The van der Waals surface area contributed by atoms with Gasteiger partial charge in [-0.25, -0.2) is 9.48 Å². The van der Waals surface area contributed by atoms with E-state index in [9.17, 15) is 13.9 Å². The topological polar surface area (TPSA) is 35.7 Å². The van der Waals surface area contributed by atoms with E-state index in [1.54, 1.807) is 24.3 Å². The highest BCUT2D eigenvalue weighted by Gasteiger charge is 2.51. The first-order valence-electron chi connectivity index (χ1n) is 9.42. The molecule has 4 rings (SSSR count). The molecule has 1 unspecified atom stereocenters. The Hall–Kier alpha value is -2.18. The van der Waals surface area contributed by atoms with Gasteiger partial charge in [0.05, 0.1) is 6.54 Å². The maximum Gasteiger partial charge on any atom is 0.387 e. The molecule has 148 valence electrons. The molecule has 0 saturated heterocycles. The summed E-state index contributed by atoms with van der Waals surface area (Å²) in [6, 6.07) is 13.8. The van der Waals surface area contributed by atoms with Gasteiger partial charge in [-0.05, 0) is 55.7 Å². The zero-order chi connectivity index (χ0) is 19.7. The number of β-amino-alcohol motifs (C(OH)–C–C–N with tert-alkyl or cyclic N) is 1.